The summed E-state index contributed by atoms with van der Waals surface area (Å²) in [6.07, 6.45) is 0. The fourth-order valence-electron chi connectivity index (χ4n) is 0.407. The van der Waals surface area contributed by atoms with Crippen LogP contribution in [-0.4, -0.2) is 10.0 Å². The molecule has 0 spiro atoms. The first kappa shape index (κ1) is 9.70. The summed E-state index contributed by atoms with van der Waals surface area (Å²) in [5.41, 5.74) is 0. The second-order valence-corrected chi connectivity index (χ2v) is 4.78. The van der Waals surface area contributed by atoms with Crippen LogP contribution < -0.4 is 0 Å². The second-order valence-electron chi connectivity index (χ2n) is 2.84. The quantitative estimate of drug-likeness (QED) is 0.596. The highest BCUT2D eigenvalue weighted by molar-refractivity contribution is 8.01. The maximum Gasteiger partial charge on any atom is 0.380 e. The van der Waals surface area contributed by atoms with Crippen molar-refractivity contribution in [1.82, 2.24) is 0 Å². The first-order chi connectivity index (χ1) is 4.27. The van der Waals surface area contributed by atoms with E-state index in [-0.39, 0.29) is 0 Å². The maximum atomic E-state index is 12.3. The molecule has 0 heterocycles. The fourth-order valence-corrected chi connectivity index (χ4v) is 1.22. The molecule has 0 N–H and O–H groups in total. The number of nitriles is 1. The average Bonchev–Trinajstić information content (AvgIpc) is 1.60. The molecule has 0 aromatic rings. The Balaban J connectivity index is 4.05. The Labute approximate surface area is 63.4 Å². The predicted octanol–water partition coefficient (Wildman–Crippen LogP) is 2.63. The third-order valence-corrected chi connectivity index (χ3v) is 1.52. The van der Waals surface area contributed by atoms with Crippen LogP contribution in [0.4, 0.5) is 8.78 Å². The molecule has 0 radical (unpaired) electrons. The molecule has 0 aromatic carbocycles. The lowest BCUT2D eigenvalue weighted by atomic mass is 10.3. The van der Waals surface area contributed by atoms with E-state index in [1.807, 2.05) is 0 Å². The van der Waals surface area contributed by atoms with Gasteiger partial charge in [0.2, 0.25) is 0 Å². The van der Waals surface area contributed by atoms with Gasteiger partial charge in [0.1, 0.15) is 0 Å². The van der Waals surface area contributed by atoms with Crippen LogP contribution in [0.15, 0.2) is 0 Å². The molecule has 58 valence electrons. The van der Waals surface area contributed by atoms with Gasteiger partial charge in [-0.2, -0.15) is 14.0 Å². The number of hydrogen-bond donors (Lipinski definition) is 0. The number of hydrogen-bond acceptors (Lipinski definition) is 2. The summed E-state index contributed by atoms with van der Waals surface area (Å²) in [7, 11) is 0. The van der Waals surface area contributed by atoms with Crippen LogP contribution in [0.1, 0.15) is 20.8 Å². The summed E-state index contributed by atoms with van der Waals surface area (Å²) >= 11 is 0.365. The molecule has 0 rings (SSSR count). The Morgan fingerprint density at radius 2 is 1.70 bits per heavy atom. The Morgan fingerprint density at radius 3 is 1.80 bits per heavy atom. The number of thioether (sulfide) groups is 1. The van der Waals surface area contributed by atoms with Crippen LogP contribution in [-0.2, 0) is 0 Å². The minimum Gasteiger partial charge on any atom is -0.191 e. The highest BCUT2D eigenvalue weighted by atomic mass is 32.2. The molecule has 0 aliphatic carbocycles. The van der Waals surface area contributed by atoms with Gasteiger partial charge in [0.05, 0.1) is 0 Å². The van der Waals surface area contributed by atoms with E-state index in [2.05, 4.69) is 0 Å². The molecule has 0 aromatic heterocycles. The third kappa shape index (κ3) is 4.57. The van der Waals surface area contributed by atoms with Gasteiger partial charge in [-0.25, -0.2) is 0 Å². The van der Waals surface area contributed by atoms with Gasteiger partial charge in [-0.1, -0.05) is 32.5 Å². The highest BCUT2D eigenvalue weighted by Crippen LogP contribution is 2.38. The van der Waals surface area contributed by atoms with Crippen molar-refractivity contribution in [2.45, 2.75) is 30.8 Å². The van der Waals surface area contributed by atoms with Crippen molar-refractivity contribution in [2.75, 3.05) is 0 Å². The summed E-state index contributed by atoms with van der Waals surface area (Å²) in [5.74, 6) is 0. The molecule has 10 heavy (non-hydrogen) atoms. The van der Waals surface area contributed by atoms with Gasteiger partial charge >= 0.3 is 5.25 Å². The van der Waals surface area contributed by atoms with Crippen LogP contribution in [0, 0.1) is 11.3 Å². The number of alkyl halides is 2. The molecule has 0 amide bonds. The molecule has 0 bridgehead atoms. The first-order valence-electron chi connectivity index (χ1n) is 2.76. The van der Waals surface area contributed by atoms with Crippen molar-refractivity contribution >= 4 is 11.8 Å². The zero-order chi connectivity index (χ0) is 8.41. The van der Waals surface area contributed by atoms with Gasteiger partial charge in [-0.15, -0.1) is 0 Å². The zero-order valence-corrected chi connectivity index (χ0v) is 6.93. The summed E-state index contributed by atoms with van der Waals surface area (Å²) in [6, 6.07) is 0.927. The molecule has 0 unspecified atom stereocenters. The predicted molar refractivity (Wildman–Crippen MR) is 37.9 cm³/mol. The molecule has 0 aliphatic rings. The Morgan fingerprint density at radius 1 is 1.30 bits per heavy atom. The summed E-state index contributed by atoms with van der Waals surface area (Å²) < 4.78 is 23.9. The Kier molecular flexibility index (Phi) is 2.67. The van der Waals surface area contributed by atoms with Gasteiger partial charge in [0, 0.05) is 4.75 Å². The molecule has 0 atom stereocenters. The van der Waals surface area contributed by atoms with E-state index in [1.54, 1.807) is 20.8 Å². The Bertz CT molecular complexity index is 154. The van der Waals surface area contributed by atoms with Crippen LogP contribution in [0.2, 0.25) is 0 Å². The summed E-state index contributed by atoms with van der Waals surface area (Å²) in [5, 5.41) is 4.68. The van der Waals surface area contributed by atoms with Crippen molar-refractivity contribution < 1.29 is 8.78 Å². The van der Waals surface area contributed by atoms with Crippen LogP contribution in [0.5, 0.6) is 0 Å². The average molecular weight is 165 g/mol. The molecule has 0 aliphatic heterocycles. The maximum absolute atomic E-state index is 12.3. The fraction of sp³-hybridized carbons (Fsp3) is 0.833. The minimum absolute atomic E-state index is 0.365. The third-order valence-electron chi connectivity index (χ3n) is 0.565. The van der Waals surface area contributed by atoms with E-state index in [9.17, 15) is 8.78 Å². The van der Waals surface area contributed by atoms with Crippen molar-refractivity contribution in [3.63, 3.8) is 0 Å². The molecular formula is C6H9F2NS. The first-order valence-corrected chi connectivity index (χ1v) is 3.58. The van der Waals surface area contributed by atoms with Crippen molar-refractivity contribution in [3.8, 4) is 6.07 Å². The zero-order valence-electron chi connectivity index (χ0n) is 6.11. The van der Waals surface area contributed by atoms with E-state index in [0.29, 0.717) is 11.8 Å². The second kappa shape index (κ2) is 2.75. The molecule has 4 heteroatoms. The van der Waals surface area contributed by atoms with Crippen molar-refractivity contribution in [2.24, 2.45) is 0 Å². The molecule has 1 nitrogen and oxygen atoms in total. The van der Waals surface area contributed by atoms with Crippen LogP contribution >= 0.6 is 11.8 Å². The normalized spacial score (nSPS) is 12.8. The van der Waals surface area contributed by atoms with E-state index in [4.69, 9.17) is 5.26 Å². The van der Waals surface area contributed by atoms with Crippen LogP contribution in [0.25, 0.3) is 0 Å². The van der Waals surface area contributed by atoms with E-state index in [0.717, 1.165) is 6.07 Å². The molecule has 0 saturated heterocycles. The van der Waals surface area contributed by atoms with Gasteiger partial charge in [0.15, 0.2) is 6.07 Å². The van der Waals surface area contributed by atoms with Crippen LogP contribution in [0.3, 0.4) is 0 Å². The lowest BCUT2D eigenvalue weighted by molar-refractivity contribution is 0.169. The Hall–Kier alpha value is -0.300. The highest BCUT2D eigenvalue weighted by Gasteiger charge is 2.34. The van der Waals surface area contributed by atoms with Gasteiger partial charge in [0.25, 0.3) is 0 Å². The summed E-state index contributed by atoms with van der Waals surface area (Å²) in [6.45, 7) is 4.93. The SMILES string of the molecule is CC(C)(C)SC(F)(F)C#N. The molecular weight excluding hydrogens is 156 g/mol. The van der Waals surface area contributed by atoms with E-state index in [1.165, 1.54) is 0 Å². The molecule has 0 fully saturated rings. The van der Waals surface area contributed by atoms with Gasteiger partial charge in [-0.05, 0) is 0 Å². The smallest absolute Gasteiger partial charge is 0.191 e. The number of nitrogens with zero attached hydrogens (tertiary/aromatic N) is 1. The van der Waals surface area contributed by atoms with E-state index >= 15 is 0 Å². The van der Waals surface area contributed by atoms with Crippen molar-refractivity contribution in [1.29, 1.82) is 5.26 Å². The van der Waals surface area contributed by atoms with Gasteiger partial charge < -0.3 is 0 Å². The standard InChI is InChI=1S/C6H9F2NS/c1-5(2,3)10-6(7,8)4-9/h1-3H3. The minimum atomic E-state index is -3.25. The largest absolute Gasteiger partial charge is 0.380 e. The lowest BCUT2D eigenvalue weighted by Crippen LogP contribution is -2.18. The number of rotatable bonds is 1. The lowest BCUT2D eigenvalue weighted by Gasteiger charge is -2.19. The van der Waals surface area contributed by atoms with Crippen molar-refractivity contribution in [3.05, 3.63) is 0 Å². The topological polar surface area (TPSA) is 23.8 Å². The molecule has 0 saturated carbocycles. The van der Waals surface area contributed by atoms with Gasteiger partial charge in [-0.3, -0.25) is 0 Å². The van der Waals surface area contributed by atoms with E-state index < -0.39 is 10.0 Å². The monoisotopic (exact) mass is 165 g/mol. The summed E-state index contributed by atoms with van der Waals surface area (Å²) in [4.78, 5) is 0. The number of halogens is 2.